The second-order valence-electron chi connectivity index (χ2n) is 6.37. The maximum atomic E-state index is 4.44. The van der Waals surface area contributed by atoms with Crippen molar-refractivity contribution in [3.05, 3.63) is 48.7 Å². The fourth-order valence-corrected chi connectivity index (χ4v) is 3.32. The van der Waals surface area contributed by atoms with Crippen LogP contribution in [0.1, 0.15) is 25.5 Å². The van der Waals surface area contributed by atoms with E-state index in [0.29, 0.717) is 6.04 Å². The van der Waals surface area contributed by atoms with Gasteiger partial charge in [-0.05, 0) is 31.4 Å². The number of aryl methyl sites for hydroxylation is 1. The van der Waals surface area contributed by atoms with Crippen LogP contribution in [0.4, 0.5) is 11.6 Å². The highest BCUT2D eigenvalue weighted by Crippen LogP contribution is 2.23. The average Bonchev–Trinajstić information content (AvgIpc) is 2.69. The molecule has 0 atom stereocenters. The molecule has 2 aromatic heterocycles. The van der Waals surface area contributed by atoms with Gasteiger partial charge in [0.1, 0.15) is 24.3 Å². The Morgan fingerprint density at radius 1 is 1.04 bits per heavy atom. The lowest BCUT2D eigenvalue weighted by molar-refractivity contribution is 0.522. The van der Waals surface area contributed by atoms with E-state index in [4.69, 9.17) is 0 Å². The number of nitrogens with zero attached hydrogens (tertiary/aromatic N) is 5. The first-order valence-electron chi connectivity index (χ1n) is 8.85. The van der Waals surface area contributed by atoms with E-state index in [0.717, 1.165) is 60.6 Å². The van der Waals surface area contributed by atoms with Crippen molar-refractivity contribution in [1.29, 1.82) is 0 Å². The van der Waals surface area contributed by atoms with Gasteiger partial charge in [-0.2, -0.15) is 0 Å². The third-order valence-corrected chi connectivity index (χ3v) is 4.77. The molecule has 0 amide bonds. The molecule has 128 valence electrons. The third-order valence-electron chi connectivity index (χ3n) is 4.77. The van der Waals surface area contributed by atoms with Crippen LogP contribution in [0.25, 0.3) is 10.9 Å². The van der Waals surface area contributed by atoms with E-state index in [9.17, 15) is 0 Å². The lowest BCUT2D eigenvalue weighted by Crippen LogP contribution is -2.39. The first kappa shape index (κ1) is 15.7. The zero-order chi connectivity index (χ0) is 17.1. The van der Waals surface area contributed by atoms with Crippen molar-refractivity contribution in [3.8, 4) is 0 Å². The summed E-state index contributed by atoms with van der Waals surface area (Å²) in [4.78, 5) is 19.8. The van der Waals surface area contributed by atoms with E-state index in [1.807, 2.05) is 18.2 Å². The fourth-order valence-electron chi connectivity index (χ4n) is 3.32. The summed E-state index contributed by atoms with van der Waals surface area (Å²) in [6.45, 7) is 4.09. The number of aromatic nitrogens is 4. The number of fused-ring (bicyclic) bond motifs is 1. The molecule has 1 N–H and O–H groups in total. The van der Waals surface area contributed by atoms with Crippen LogP contribution in [0.3, 0.4) is 0 Å². The van der Waals surface area contributed by atoms with Crippen LogP contribution in [0.5, 0.6) is 0 Å². The predicted molar refractivity (Wildman–Crippen MR) is 99.8 cm³/mol. The Hall–Kier alpha value is -2.76. The largest absolute Gasteiger partial charge is 0.367 e. The van der Waals surface area contributed by atoms with Gasteiger partial charge in [-0.3, -0.25) is 0 Å². The molecule has 4 rings (SSSR count). The molecule has 1 fully saturated rings. The summed E-state index contributed by atoms with van der Waals surface area (Å²) in [6.07, 6.45) is 6.36. The summed E-state index contributed by atoms with van der Waals surface area (Å²) in [6, 6.07) is 10.6. The van der Waals surface area contributed by atoms with Crippen molar-refractivity contribution in [2.75, 3.05) is 23.3 Å². The summed E-state index contributed by atoms with van der Waals surface area (Å²) in [5.41, 5.74) is 2.07. The van der Waals surface area contributed by atoms with Gasteiger partial charge in [-0.1, -0.05) is 19.1 Å². The number of anilines is 2. The highest BCUT2D eigenvalue weighted by Gasteiger charge is 2.21. The molecule has 3 heterocycles. The van der Waals surface area contributed by atoms with Gasteiger partial charge < -0.3 is 10.2 Å². The van der Waals surface area contributed by atoms with Crippen molar-refractivity contribution in [2.24, 2.45) is 0 Å². The molecule has 0 saturated carbocycles. The van der Waals surface area contributed by atoms with E-state index >= 15 is 0 Å². The Labute approximate surface area is 147 Å². The topological polar surface area (TPSA) is 66.8 Å². The smallest absolute Gasteiger partial charge is 0.137 e. The minimum atomic E-state index is 0.419. The Kier molecular flexibility index (Phi) is 4.41. The highest BCUT2D eigenvalue weighted by atomic mass is 15.2. The minimum absolute atomic E-state index is 0.419. The standard InChI is InChI=1S/C19H22N6/c1-2-14-11-18(22-12-20-14)25-9-7-15(8-10-25)24-19-16-5-3-4-6-17(16)21-13-23-19/h3-6,11-13,15H,2,7-10H2,1H3,(H,21,23,24). The van der Waals surface area contributed by atoms with Crippen LogP contribution in [-0.4, -0.2) is 39.1 Å². The fraction of sp³-hybridized carbons (Fsp3) is 0.368. The Bertz CT molecular complexity index is 852. The van der Waals surface area contributed by atoms with Gasteiger partial charge in [0.25, 0.3) is 0 Å². The second kappa shape index (κ2) is 7.01. The lowest BCUT2D eigenvalue weighted by atomic mass is 10.0. The first-order chi connectivity index (χ1) is 12.3. The van der Waals surface area contributed by atoms with Crippen LogP contribution in [0, 0.1) is 0 Å². The molecule has 0 aliphatic carbocycles. The molecule has 6 nitrogen and oxygen atoms in total. The number of nitrogens with one attached hydrogen (secondary N) is 1. The maximum Gasteiger partial charge on any atom is 0.137 e. The summed E-state index contributed by atoms with van der Waals surface area (Å²) < 4.78 is 0. The van der Waals surface area contributed by atoms with Crippen LogP contribution in [-0.2, 0) is 6.42 Å². The van der Waals surface area contributed by atoms with Gasteiger partial charge >= 0.3 is 0 Å². The molecular weight excluding hydrogens is 312 g/mol. The first-order valence-corrected chi connectivity index (χ1v) is 8.85. The van der Waals surface area contributed by atoms with Crippen molar-refractivity contribution in [1.82, 2.24) is 19.9 Å². The van der Waals surface area contributed by atoms with Gasteiger partial charge in [-0.15, -0.1) is 0 Å². The average molecular weight is 334 g/mol. The van der Waals surface area contributed by atoms with Gasteiger partial charge in [0, 0.05) is 36.3 Å². The highest BCUT2D eigenvalue weighted by molar-refractivity contribution is 5.88. The van der Waals surface area contributed by atoms with Crippen LogP contribution in [0.15, 0.2) is 43.0 Å². The van der Waals surface area contributed by atoms with Crippen LogP contribution < -0.4 is 10.2 Å². The summed E-state index contributed by atoms with van der Waals surface area (Å²) >= 11 is 0. The predicted octanol–water partition coefficient (Wildman–Crippen LogP) is 3.06. The van der Waals surface area contributed by atoms with Gasteiger partial charge in [0.2, 0.25) is 0 Å². The van der Waals surface area contributed by atoms with Crippen molar-refractivity contribution in [3.63, 3.8) is 0 Å². The molecule has 1 aliphatic heterocycles. The van der Waals surface area contributed by atoms with Crippen LogP contribution in [0.2, 0.25) is 0 Å². The van der Waals surface area contributed by atoms with Gasteiger partial charge in [0.05, 0.1) is 5.52 Å². The quantitative estimate of drug-likeness (QED) is 0.791. The molecule has 1 saturated heterocycles. The summed E-state index contributed by atoms with van der Waals surface area (Å²) in [5.74, 6) is 1.97. The zero-order valence-corrected chi connectivity index (χ0v) is 14.4. The van der Waals surface area contributed by atoms with E-state index in [-0.39, 0.29) is 0 Å². The number of rotatable bonds is 4. The van der Waals surface area contributed by atoms with Crippen molar-refractivity contribution >= 4 is 22.5 Å². The number of para-hydroxylation sites is 1. The number of hydrogen-bond donors (Lipinski definition) is 1. The zero-order valence-electron chi connectivity index (χ0n) is 14.4. The van der Waals surface area contributed by atoms with E-state index in [1.165, 1.54) is 0 Å². The molecule has 1 aliphatic rings. The molecule has 0 unspecified atom stereocenters. The number of piperidine rings is 1. The van der Waals surface area contributed by atoms with Crippen molar-refractivity contribution < 1.29 is 0 Å². The Morgan fingerprint density at radius 2 is 1.84 bits per heavy atom. The monoisotopic (exact) mass is 334 g/mol. The number of benzene rings is 1. The maximum absolute atomic E-state index is 4.44. The molecule has 3 aromatic rings. The minimum Gasteiger partial charge on any atom is -0.367 e. The molecule has 1 aromatic carbocycles. The van der Waals surface area contributed by atoms with Crippen molar-refractivity contribution in [2.45, 2.75) is 32.2 Å². The lowest BCUT2D eigenvalue weighted by Gasteiger charge is -2.33. The summed E-state index contributed by atoms with van der Waals surface area (Å²) in [7, 11) is 0. The number of hydrogen-bond acceptors (Lipinski definition) is 6. The molecular formula is C19H22N6. The molecule has 6 heteroatoms. The third kappa shape index (κ3) is 3.38. The molecule has 25 heavy (non-hydrogen) atoms. The molecule has 0 radical (unpaired) electrons. The van der Waals surface area contributed by atoms with Gasteiger partial charge in [-0.25, -0.2) is 19.9 Å². The van der Waals surface area contributed by atoms with E-state index < -0.39 is 0 Å². The Balaban J connectivity index is 1.43. The normalized spacial score (nSPS) is 15.5. The summed E-state index contributed by atoms with van der Waals surface area (Å²) in [5, 5.41) is 4.69. The van der Waals surface area contributed by atoms with Gasteiger partial charge in [0.15, 0.2) is 0 Å². The van der Waals surface area contributed by atoms with E-state index in [1.54, 1.807) is 12.7 Å². The Morgan fingerprint density at radius 3 is 2.68 bits per heavy atom. The molecule has 0 bridgehead atoms. The second-order valence-corrected chi connectivity index (χ2v) is 6.37. The SMILES string of the molecule is CCc1cc(N2CCC(Nc3ncnc4ccccc34)CC2)ncn1. The molecule has 0 spiro atoms. The van der Waals surface area contributed by atoms with E-state index in [2.05, 4.69) is 49.2 Å². The van der Waals surface area contributed by atoms with Crippen LogP contribution >= 0.6 is 0 Å².